The first-order valence-corrected chi connectivity index (χ1v) is 20.2. The van der Waals surface area contributed by atoms with Gasteiger partial charge in [0.15, 0.2) is 17.2 Å². The molecule has 5 aromatic heterocycles. The van der Waals surface area contributed by atoms with Gasteiger partial charge in [0.1, 0.15) is 5.58 Å². The van der Waals surface area contributed by atoms with E-state index < -0.39 is 0 Å². The Hall–Kier alpha value is -7.61. The highest BCUT2D eigenvalue weighted by Crippen LogP contribution is 2.45. The maximum atomic E-state index is 7.15. The topological polar surface area (TPSA) is 61.7 Å². The minimum absolute atomic E-state index is 0.542. The fourth-order valence-electron chi connectivity index (χ4n) is 9.08. The average Bonchev–Trinajstić information content (AvgIpc) is 4.04. The van der Waals surface area contributed by atoms with Crippen molar-refractivity contribution >= 4 is 97.1 Å². The number of hydrogen-bond acceptors (Lipinski definition) is 5. The van der Waals surface area contributed by atoms with Crippen molar-refractivity contribution in [3.63, 3.8) is 0 Å². The summed E-state index contributed by atoms with van der Waals surface area (Å²) in [5.41, 5.74) is 8.63. The normalized spacial score (nSPS) is 12.1. The van der Waals surface area contributed by atoms with Gasteiger partial charge < -0.3 is 8.98 Å². The van der Waals surface area contributed by atoms with Gasteiger partial charge in [0.25, 0.3) is 0 Å². The van der Waals surface area contributed by atoms with E-state index in [1.54, 1.807) is 0 Å². The number of benzene rings is 8. The van der Waals surface area contributed by atoms with Crippen LogP contribution in [0.2, 0.25) is 0 Å². The summed E-state index contributed by atoms with van der Waals surface area (Å²) in [6, 6.07) is 61.7. The van der Waals surface area contributed by atoms with Crippen LogP contribution in [0.3, 0.4) is 0 Å². The minimum Gasteiger partial charge on any atom is -0.453 e. The molecule has 0 unspecified atom stereocenters. The Balaban J connectivity index is 1.09. The highest BCUT2D eigenvalue weighted by Gasteiger charge is 2.24. The molecule has 0 fully saturated rings. The van der Waals surface area contributed by atoms with Crippen molar-refractivity contribution in [3.8, 4) is 34.4 Å². The average molecular weight is 760 g/mol. The van der Waals surface area contributed by atoms with Crippen LogP contribution in [0.4, 0.5) is 0 Å². The van der Waals surface area contributed by atoms with E-state index in [-0.39, 0.29) is 0 Å². The minimum atomic E-state index is 0.542. The molecule has 0 radical (unpaired) electrons. The molecule has 58 heavy (non-hydrogen) atoms. The Bertz CT molecular complexity index is 3760. The molecule has 0 atom stereocenters. The summed E-state index contributed by atoms with van der Waals surface area (Å²) < 4.78 is 14.3. The number of thiophene rings is 1. The van der Waals surface area contributed by atoms with Crippen molar-refractivity contribution < 1.29 is 4.42 Å². The van der Waals surface area contributed by atoms with Gasteiger partial charge in [0.05, 0.1) is 38.0 Å². The van der Waals surface area contributed by atoms with Gasteiger partial charge in [-0.15, -0.1) is 11.3 Å². The van der Waals surface area contributed by atoms with Crippen LogP contribution in [0.1, 0.15) is 0 Å². The third kappa shape index (κ3) is 4.39. The van der Waals surface area contributed by atoms with Crippen molar-refractivity contribution in [2.75, 3.05) is 0 Å². The van der Waals surface area contributed by atoms with Gasteiger partial charge in [-0.3, -0.25) is 4.57 Å². The van der Waals surface area contributed by atoms with Crippen molar-refractivity contribution in [1.29, 1.82) is 0 Å². The zero-order chi connectivity index (χ0) is 37.9. The first-order valence-electron chi connectivity index (χ1n) is 19.4. The maximum absolute atomic E-state index is 7.15. The monoisotopic (exact) mass is 759 g/mol. The second kappa shape index (κ2) is 11.9. The summed E-state index contributed by atoms with van der Waals surface area (Å²) in [6.07, 6.45) is 0. The lowest BCUT2D eigenvalue weighted by Gasteiger charge is -2.11. The van der Waals surface area contributed by atoms with Crippen LogP contribution in [0.25, 0.3) is 120 Å². The summed E-state index contributed by atoms with van der Waals surface area (Å²) in [7, 11) is 0. The number of aromatic nitrogens is 5. The molecule has 270 valence electrons. The van der Waals surface area contributed by atoms with Gasteiger partial charge in [0, 0.05) is 53.4 Å². The molecule has 0 N–H and O–H groups in total. The smallest absolute Gasteiger partial charge is 0.238 e. The lowest BCUT2D eigenvalue weighted by molar-refractivity contribution is 0.667. The van der Waals surface area contributed by atoms with Crippen LogP contribution in [-0.2, 0) is 0 Å². The molecule has 0 bridgehead atoms. The first-order chi connectivity index (χ1) is 28.8. The Morgan fingerprint density at radius 1 is 0.397 bits per heavy atom. The van der Waals surface area contributed by atoms with Crippen LogP contribution < -0.4 is 0 Å². The summed E-state index contributed by atoms with van der Waals surface area (Å²) in [6.45, 7) is 0. The van der Waals surface area contributed by atoms with Gasteiger partial charge >= 0.3 is 0 Å². The molecule has 0 aliphatic rings. The maximum Gasteiger partial charge on any atom is 0.238 e. The highest BCUT2D eigenvalue weighted by molar-refractivity contribution is 7.26. The van der Waals surface area contributed by atoms with E-state index in [1.165, 1.54) is 36.5 Å². The second-order valence-electron chi connectivity index (χ2n) is 14.7. The molecule has 7 heteroatoms. The SMILES string of the molecule is c1ccc(-c2nc(-c3cccc4c3oc3c(-n5c6ccccc6c6ccc7c8ccccc8sc7c65)cccc34)nc(-n3c4ccccc4c4ccccc43)n2)cc1. The molecule has 5 heterocycles. The number of nitrogens with zero attached hydrogens (tertiary/aromatic N) is 5. The molecule has 0 saturated carbocycles. The van der Waals surface area contributed by atoms with Crippen LogP contribution in [0, 0.1) is 0 Å². The molecule has 0 aliphatic carbocycles. The van der Waals surface area contributed by atoms with Gasteiger partial charge in [-0.25, -0.2) is 4.98 Å². The summed E-state index contributed by atoms with van der Waals surface area (Å²) in [5.74, 6) is 1.68. The molecule has 13 rings (SSSR count). The van der Waals surface area contributed by atoms with E-state index >= 15 is 0 Å². The van der Waals surface area contributed by atoms with E-state index in [4.69, 9.17) is 19.4 Å². The van der Waals surface area contributed by atoms with Crippen LogP contribution in [0.5, 0.6) is 0 Å². The molecular formula is C51H29N5OS. The predicted octanol–water partition coefficient (Wildman–Crippen LogP) is 13.7. The molecule has 0 aliphatic heterocycles. The largest absolute Gasteiger partial charge is 0.453 e. The van der Waals surface area contributed by atoms with E-state index in [0.717, 1.165) is 66.1 Å². The van der Waals surface area contributed by atoms with E-state index in [2.05, 4.69) is 155 Å². The third-order valence-corrected chi connectivity index (χ3v) is 12.8. The van der Waals surface area contributed by atoms with Crippen molar-refractivity contribution in [3.05, 3.63) is 176 Å². The molecule has 0 saturated heterocycles. The number of para-hydroxylation sites is 5. The molecular weight excluding hydrogens is 731 g/mol. The van der Waals surface area contributed by atoms with Crippen LogP contribution in [0.15, 0.2) is 180 Å². The number of rotatable bonds is 4. The quantitative estimate of drug-likeness (QED) is 0.179. The summed E-state index contributed by atoms with van der Waals surface area (Å²) in [4.78, 5) is 15.6. The lowest BCUT2D eigenvalue weighted by atomic mass is 10.1. The van der Waals surface area contributed by atoms with Gasteiger partial charge in [-0.05, 0) is 36.4 Å². The molecule has 6 nitrogen and oxygen atoms in total. The lowest BCUT2D eigenvalue weighted by Crippen LogP contribution is -2.06. The predicted molar refractivity (Wildman–Crippen MR) is 240 cm³/mol. The standard InChI is InChI=1S/C51H29N5OS/c1-2-14-30(15-3-1)49-52-50(54-51(53-49)56-41-24-9-4-16-31(41)32-17-5-10-25-42(32)56)39-22-12-20-36-37-21-13-26-43(47(37)57-46(36)39)55-40-23-8-6-18-33(40)35-28-29-38-34-19-7-11-27-44(34)58-48(38)45(35)55/h1-29H. The number of hydrogen-bond donors (Lipinski definition) is 0. The zero-order valence-electron chi connectivity index (χ0n) is 30.8. The van der Waals surface area contributed by atoms with Gasteiger partial charge in [0.2, 0.25) is 5.95 Å². The summed E-state index contributed by atoms with van der Waals surface area (Å²) >= 11 is 1.85. The molecule has 8 aromatic carbocycles. The Morgan fingerprint density at radius 2 is 0.966 bits per heavy atom. The number of fused-ring (bicyclic) bond motifs is 13. The fraction of sp³-hybridized carbons (Fsp3) is 0. The van der Waals surface area contributed by atoms with E-state index in [1.807, 2.05) is 41.7 Å². The van der Waals surface area contributed by atoms with E-state index in [0.29, 0.717) is 17.6 Å². The van der Waals surface area contributed by atoms with Crippen molar-refractivity contribution in [2.24, 2.45) is 0 Å². The van der Waals surface area contributed by atoms with Gasteiger partial charge in [-0.2, -0.15) is 9.97 Å². The Kier molecular flexibility index (Phi) is 6.50. The third-order valence-electron chi connectivity index (χ3n) is 11.6. The Labute approximate surface area is 334 Å². The summed E-state index contributed by atoms with van der Waals surface area (Å²) in [5, 5.41) is 9.30. The number of furan rings is 1. The molecule has 13 aromatic rings. The van der Waals surface area contributed by atoms with Crippen LogP contribution in [-0.4, -0.2) is 24.1 Å². The van der Waals surface area contributed by atoms with Crippen LogP contribution >= 0.6 is 11.3 Å². The van der Waals surface area contributed by atoms with Crippen molar-refractivity contribution in [2.45, 2.75) is 0 Å². The van der Waals surface area contributed by atoms with Gasteiger partial charge in [-0.1, -0.05) is 140 Å². The Morgan fingerprint density at radius 3 is 1.72 bits per heavy atom. The second-order valence-corrected chi connectivity index (χ2v) is 15.8. The molecule has 0 spiro atoms. The fourth-order valence-corrected chi connectivity index (χ4v) is 10.3. The van der Waals surface area contributed by atoms with Crippen molar-refractivity contribution in [1.82, 2.24) is 24.1 Å². The zero-order valence-corrected chi connectivity index (χ0v) is 31.6. The highest BCUT2D eigenvalue weighted by atomic mass is 32.1. The van der Waals surface area contributed by atoms with E-state index in [9.17, 15) is 0 Å². The molecule has 0 amide bonds. The first kappa shape index (κ1) is 31.6.